The van der Waals surface area contributed by atoms with E-state index < -0.39 is 0 Å². The second kappa shape index (κ2) is 17.2. The molecule has 0 N–H and O–H groups in total. The highest BCUT2D eigenvalue weighted by Gasteiger charge is 2.29. The van der Waals surface area contributed by atoms with Gasteiger partial charge in [-0.25, -0.2) is 0 Å². The second-order valence-corrected chi connectivity index (χ2v) is 16.8. The SMILES string of the molecule is [B]c1c([B])c([B])c(-c2ccc(-c3c4c([B])c([B])c([B])c([B])c4c(-c4c([B])c([B])c(-c5c([B])c([B])c6oc7c([B])c([B])c([B])c([B])c7c6c5[B])c([B])c4[B])c4c([B])c([B])c([B])c([B])c34)cc2)c([B])c1[B]. The van der Waals surface area contributed by atoms with Gasteiger partial charge in [-0.05, 0) is 66.1 Å². The zero-order valence-corrected chi connectivity index (χ0v) is 36.6. The van der Waals surface area contributed by atoms with Gasteiger partial charge in [0.25, 0.3) is 0 Å². The summed E-state index contributed by atoms with van der Waals surface area (Å²) >= 11 is 0. The van der Waals surface area contributed by atoms with E-state index in [0.717, 1.165) is 0 Å². The minimum Gasteiger partial charge on any atom is -0.457 e. The Morgan fingerprint density at radius 2 is 0.391 bits per heavy atom. The van der Waals surface area contributed by atoms with Crippen LogP contribution in [0, 0.1) is 0 Å². The molecule has 0 fully saturated rings. The van der Waals surface area contributed by atoms with Crippen LogP contribution in [0.3, 0.4) is 0 Å². The lowest BCUT2D eigenvalue weighted by molar-refractivity contribution is 0.675. The summed E-state index contributed by atoms with van der Waals surface area (Å²) in [5.41, 5.74) is 0.549. The molecule has 0 unspecified atom stereocenters. The van der Waals surface area contributed by atoms with Gasteiger partial charge in [0.1, 0.15) is 199 Å². The highest BCUT2D eigenvalue weighted by atomic mass is 16.3. The minimum absolute atomic E-state index is 0.00542. The molecule has 48 radical (unpaired) electrons. The summed E-state index contributed by atoms with van der Waals surface area (Å²) in [6.07, 6.45) is 0. The molecular weight excluding hydrogens is 804 g/mol. The molecule has 69 heavy (non-hydrogen) atoms. The molecule has 0 spiro atoms. The zero-order valence-electron chi connectivity index (χ0n) is 36.6. The van der Waals surface area contributed by atoms with Gasteiger partial charge < -0.3 is 4.42 Å². The molecule has 0 bridgehead atoms. The Bertz CT molecular complexity index is 3740. The predicted molar refractivity (Wildman–Crippen MR) is 320 cm³/mol. The van der Waals surface area contributed by atoms with Crippen molar-refractivity contribution in [3.8, 4) is 44.5 Å². The number of furan rings is 1. The van der Waals surface area contributed by atoms with E-state index in [0.29, 0.717) is 22.3 Å². The molecule has 0 saturated carbocycles. The van der Waals surface area contributed by atoms with Crippen LogP contribution in [0.2, 0.25) is 0 Å². The number of fused-ring (bicyclic) bond motifs is 5. The molecule has 0 saturated heterocycles. The Morgan fingerprint density at radius 3 is 0.783 bits per heavy atom. The molecule has 0 atom stereocenters. The molecule has 8 aromatic carbocycles. The lowest BCUT2D eigenvalue weighted by atomic mass is 9.56. The first kappa shape index (κ1) is 49.6. The van der Waals surface area contributed by atoms with Gasteiger partial charge in [0.15, 0.2) is 0 Å². The Hall–Kier alpha value is -4.36. The fraction of sp³-hybridized carbons (Fsp3) is 0. The van der Waals surface area contributed by atoms with Crippen molar-refractivity contribution >= 4 is 363 Å². The van der Waals surface area contributed by atoms with E-state index in [1.807, 2.05) is 0 Å². The summed E-state index contributed by atoms with van der Waals surface area (Å²) in [5, 5.41) is 1.06. The van der Waals surface area contributed by atoms with Gasteiger partial charge >= 0.3 is 0 Å². The maximum atomic E-state index is 7.13. The second-order valence-electron chi connectivity index (χ2n) is 16.8. The summed E-state index contributed by atoms with van der Waals surface area (Å²) in [6.45, 7) is 0. The molecule has 1 nitrogen and oxygen atoms in total. The van der Waals surface area contributed by atoms with Gasteiger partial charge in [-0.1, -0.05) is 106 Å². The average molecular weight is 808 g/mol. The lowest BCUT2D eigenvalue weighted by Crippen LogP contribution is -2.55. The van der Waals surface area contributed by atoms with Crippen molar-refractivity contribution in [1.82, 2.24) is 0 Å². The molecular formula is C44H4B24O. The quantitative estimate of drug-likeness (QED) is 0.128. The largest absolute Gasteiger partial charge is 0.457 e. The number of hydrogen-bond acceptors (Lipinski definition) is 1. The van der Waals surface area contributed by atoms with E-state index in [9.17, 15) is 0 Å². The maximum absolute atomic E-state index is 7.13. The van der Waals surface area contributed by atoms with Crippen LogP contribution in [0.4, 0.5) is 0 Å². The van der Waals surface area contributed by atoms with Crippen LogP contribution < -0.4 is 131 Å². The minimum atomic E-state index is -0.189. The van der Waals surface area contributed by atoms with Crippen LogP contribution in [-0.4, -0.2) is 188 Å². The van der Waals surface area contributed by atoms with Gasteiger partial charge in [-0.3, -0.25) is 0 Å². The highest BCUT2D eigenvalue weighted by molar-refractivity contribution is 6.75. The van der Waals surface area contributed by atoms with Crippen molar-refractivity contribution in [2.75, 3.05) is 0 Å². The van der Waals surface area contributed by atoms with Crippen molar-refractivity contribution in [3.05, 3.63) is 24.3 Å². The van der Waals surface area contributed by atoms with Crippen LogP contribution >= 0.6 is 0 Å². The molecule has 0 amide bonds. The maximum Gasteiger partial charge on any atom is 0.127 e. The molecule has 0 aliphatic heterocycles. The molecule has 258 valence electrons. The smallest absolute Gasteiger partial charge is 0.127 e. The molecule has 9 rings (SSSR count). The third-order valence-electron chi connectivity index (χ3n) is 13.3. The van der Waals surface area contributed by atoms with Crippen LogP contribution in [0.25, 0.3) is 88.0 Å². The molecule has 0 aliphatic carbocycles. The number of benzene rings is 8. The normalized spacial score (nSPS) is 11.7. The van der Waals surface area contributed by atoms with Gasteiger partial charge in [0.2, 0.25) is 0 Å². The summed E-state index contributed by atoms with van der Waals surface area (Å²) in [6, 6.07) is 6.84. The fourth-order valence-corrected chi connectivity index (χ4v) is 9.48. The first-order valence-electron chi connectivity index (χ1n) is 20.4. The summed E-state index contributed by atoms with van der Waals surface area (Å²) in [5.74, 6) is 0. The lowest BCUT2D eigenvalue weighted by Gasteiger charge is -2.32. The molecule has 0 aliphatic rings. The van der Waals surface area contributed by atoms with Gasteiger partial charge in [0.05, 0.1) is 0 Å². The molecule has 1 heterocycles. The topological polar surface area (TPSA) is 13.1 Å². The van der Waals surface area contributed by atoms with Crippen molar-refractivity contribution in [3.63, 3.8) is 0 Å². The van der Waals surface area contributed by atoms with E-state index in [4.69, 9.17) is 193 Å². The van der Waals surface area contributed by atoms with Crippen LogP contribution in [-0.2, 0) is 0 Å². The first-order valence-corrected chi connectivity index (χ1v) is 20.4. The van der Waals surface area contributed by atoms with Crippen molar-refractivity contribution in [2.45, 2.75) is 0 Å². The van der Waals surface area contributed by atoms with Crippen molar-refractivity contribution in [1.29, 1.82) is 0 Å². The molecule has 1 aromatic heterocycles. The van der Waals surface area contributed by atoms with E-state index >= 15 is 0 Å². The Labute approximate surface area is 433 Å². The van der Waals surface area contributed by atoms with E-state index in [-0.39, 0.29) is 197 Å². The summed E-state index contributed by atoms with van der Waals surface area (Å²) < 4.78 is 6.07. The van der Waals surface area contributed by atoms with E-state index in [1.54, 1.807) is 24.3 Å². The standard InChI is InChI=1S/C44H4B24O/c45-19-15(30(56)41(67)43-17(19)18-31(57)38(64)40(66)42(68)44(18)69-43)16-28(54)26(52)14(27(53)29(16)55)9-12-10(22(48)34(60)36(62)24(12)50)7(11-13(9)25(51)37(63)35(61)23(11)49)5-1-3-6(4-2-5)8-20(46)32(58)39(65)33(59)21(8)47/h1-4H. The Balaban J connectivity index is 1.43. The van der Waals surface area contributed by atoms with Crippen molar-refractivity contribution in [2.24, 2.45) is 0 Å². The highest BCUT2D eigenvalue weighted by Crippen LogP contribution is 2.40. The molecule has 25 heteroatoms. The summed E-state index contributed by atoms with van der Waals surface area (Å²) in [4.78, 5) is 0. The monoisotopic (exact) mass is 812 g/mol. The van der Waals surface area contributed by atoms with E-state index in [2.05, 4.69) is 0 Å². The third-order valence-corrected chi connectivity index (χ3v) is 13.3. The van der Waals surface area contributed by atoms with Gasteiger partial charge in [0, 0.05) is 10.8 Å². The predicted octanol–water partition coefficient (Wildman–Crippen LogP) is -16.4. The zero-order chi connectivity index (χ0) is 50.6. The molecule has 9 aromatic rings. The van der Waals surface area contributed by atoms with Crippen LogP contribution in [0.1, 0.15) is 0 Å². The van der Waals surface area contributed by atoms with Crippen LogP contribution in [0.15, 0.2) is 28.7 Å². The van der Waals surface area contributed by atoms with Crippen LogP contribution in [0.5, 0.6) is 0 Å². The number of hydrogen-bond donors (Lipinski definition) is 0. The van der Waals surface area contributed by atoms with Crippen molar-refractivity contribution < 1.29 is 4.42 Å². The third kappa shape index (κ3) is 6.72. The van der Waals surface area contributed by atoms with Gasteiger partial charge in [-0.2, -0.15) is 0 Å². The Kier molecular flexibility index (Phi) is 12.3. The Morgan fingerprint density at radius 1 is 0.174 bits per heavy atom. The van der Waals surface area contributed by atoms with E-state index in [1.165, 1.54) is 0 Å². The number of rotatable bonds is 4. The van der Waals surface area contributed by atoms with Gasteiger partial charge in [-0.15, -0.1) is 49.2 Å². The average Bonchev–Trinajstić information content (AvgIpc) is 3.74. The fourth-order valence-electron chi connectivity index (χ4n) is 9.48. The summed E-state index contributed by atoms with van der Waals surface area (Å²) in [7, 11) is 160. The first-order chi connectivity index (χ1) is 32.3.